The summed E-state index contributed by atoms with van der Waals surface area (Å²) in [6.45, 7) is 3.99. The summed E-state index contributed by atoms with van der Waals surface area (Å²) in [6, 6.07) is 0. The molecule has 0 heterocycles. The van der Waals surface area contributed by atoms with E-state index in [2.05, 4.69) is 0 Å². The van der Waals surface area contributed by atoms with Crippen LogP contribution in [0, 0.1) is 5.92 Å². The van der Waals surface area contributed by atoms with Gasteiger partial charge in [0.1, 0.15) is 0 Å². The van der Waals surface area contributed by atoms with E-state index >= 15 is 0 Å². The Morgan fingerprint density at radius 3 is 1.89 bits per heavy atom. The number of hydrogen-bond donors (Lipinski definition) is 2. The van der Waals surface area contributed by atoms with E-state index in [1.807, 2.05) is 13.8 Å². The first-order valence-corrected chi connectivity index (χ1v) is 3.55. The molecule has 2 nitrogen and oxygen atoms in total. The Kier molecular flexibility index (Phi) is 4.72. The molecule has 0 aliphatic rings. The summed E-state index contributed by atoms with van der Waals surface area (Å²) < 4.78 is 0. The van der Waals surface area contributed by atoms with Crippen molar-refractivity contribution in [3.05, 3.63) is 0 Å². The Balaban J connectivity index is 3.50. The molecule has 0 bridgehead atoms. The Bertz CT molecular complexity index is 59.9. The Labute approximate surface area is 56.5 Å². The first kappa shape index (κ1) is 8.92. The lowest BCUT2D eigenvalue weighted by Gasteiger charge is -2.16. The molecule has 0 radical (unpaired) electrons. The lowest BCUT2D eigenvalue weighted by atomic mass is 9.99. The number of aliphatic hydroxyl groups excluding tert-OH is 2. The van der Waals surface area contributed by atoms with Gasteiger partial charge in [-0.3, -0.25) is 0 Å². The van der Waals surface area contributed by atoms with Crippen molar-refractivity contribution in [2.24, 2.45) is 5.92 Å². The highest BCUT2D eigenvalue weighted by molar-refractivity contribution is 4.63. The van der Waals surface area contributed by atoms with Crippen LogP contribution in [0.3, 0.4) is 0 Å². The van der Waals surface area contributed by atoms with E-state index < -0.39 is 0 Å². The predicted molar refractivity (Wildman–Crippen MR) is 37.2 cm³/mol. The molecular formula is C7H16O2. The Morgan fingerprint density at radius 2 is 1.78 bits per heavy atom. The van der Waals surface area contributed by atoms with Crippen molar-refractivity contribution in [2.45, 2.75) is 32.8 Å². The summed E-state index contributed by atoms with van der Waals surface area (Å²) in [5.74, 6) is 0.0787. The van der Waals surface area contributed by atoms with E-state index in [0.29, 0.717) is 0 Å². The van der Waals surface area contributed by atoms with Gasteiger partial charge in [-0.1, -0.05) is 13.8 Å². The summed E-state index contributed by atoms with van der Waals surface area (Å²) in [5.41, 5.74) is 0. The number of aliphatic hydroxyl groups is 2. The van der Waals surface area contributed by atoms with Gasteiger partial charge >= 0.3 is 0 Å². The lowest BCUT2D eigenvalue weighted by molar-refractivity contribution is 0.0625. The zero-order chi connectivity index (χ0) is 7.28. The van der Waals surface area contributed by atoms with Crippen molar-refractivity contribution in [3.63, 3.8) is 0 Å². The average Bonchev–Trinajstić information content (AvgIpc) is 1.90. The minimum atomic E-state index is -0.319. The van der Waals surface area contributed by atoms with Gasteiger partial charge in [0.2, 0.25) is 0 Å². The maximum atomic E-state index is 9.16. The molecule has 0 aromatic carbocycles. The van der Waals surface area contributed by atoms with Gasteiger partial charge in [0.05, 0.1) is 6.10 Å². The molecule has 56 valence electrons. The summed E-state index contributed by atoms with van der Waals surface area (Å²) in [5, 5.41) is 17.8. The molecule has 0 aliphatic carbocycles. The molecule has 9 heavy (non-hydrogen) atoms. The second-order valence-corrected chi connectivity index (χ2v) is 2.33. The van der Waals surface area contributed by atoms with Gasteiger partial charge in [-0.05, 0) is 12.8 Å². The molecule has 0 aromatic heterocycles. The van der Waals surface area contributed by atoms with E-state index in [0.717, 1.165) is 12.8 Å². The van der Waals surface area contributed by atoms with Crippen LogP contribution in [0.15, 0.2) is 0 Å². The zero-order valence-electron chi connectivity index (χ0n) is 6.17. The van der Waals surface area contributed by atoms with E-state index in [9.17, 15) is 0 Å². The molecule has 0 saturated heterocycles. The third kappa shape index (κ3) is 2.82. The van der Waals surface area contributed by atoms with Crippen LogP contribution in [0.2, 0.25) is 0 Å². The van der Waals surface area contributed by atoms with Crippen LogP contribution in [-0.4, -0.2) is 22.9 Å². The van der Waals surface area contributed by atoms with Crippen molar-refractivity contribution in [1.29, 1.82) is 0 Å². The highest BCUT2D eigenvalue weighted by Crippen LogP contribution is 2.09. The molecular weight excluding hydrogens is 116 g/mol. The largest absolute Gasteiger partial charge is 0.396 e. The maximum absolute atomic E-state index is 9.16. The van der Waals surface area contributed by atoms with Gasteiger partial charge in [-0.25, -0.2) is 0 Å². The third-order valence-corrected chi connectivity index (χ3v) is 1.72. The SMILES string of the molecule is CC[C@@H](CO)[C@@H](O)CC. The number of rotatable bonds is 4. The van der Waals surface area contributed by atoms with Crippen molar-refractivity contribution in [3.8, 4) is 0 Å². The normalized spacial score (nSPS) is 17.3. The standard InChI is InChI=1S/C7H16O2/c1-3-6(5-8)7(9)4-2/h6-9H,3-5H2,1-2H3/t6-,7-/m0/s1. The van der Waals surface area contributed by atoms with Gasteiger partial charge in [-0.15, -0.1) is 0 Å². The van der Waals surface area contributed by atoms with Crippen LogP contribution in [-0.2, 0) is 0 Å². The van der Waals surface area contributed by atoms with Crippen molar-refractivity contribution >= 4 is 0 Å². The molecule has 0 spiro atoms. The second kappa shape index (κ2) is 4.77. The minimum absolute atomic E-state index is 0.0787. The molecule has 0 rings (SSSR count). The highest BCUT2D eigenvalue weighted by atomic mass is 16.3. The first-order valence-electron chi connectivity index (χ1n) is 3.55. The van der Waals surface area contributed by atoms with E-state index in [4.69, 9.17) is 10.2 Å². The van der Waals surface area contributed by atoms with Crippen LogP contribution in [0.25, 0.3) is 0 Å². The fourth-order valence-corrected chi connectivity index (χ4v) is 0.856. The lowest BCUT2D eigenvalue weighted by Crippen LogP contribution is -2.21. The molecule has 0 saturated carbocycles. The molecule has 0 aliphatic heterocycles. The van der Waals surface area contributed by atoms with Crippen molar-refractivity contribution in [2.75, 3.05) is 6.61 Å². The fourth-order valence-electron chi connectivity index (χ4n) is 0.856. The molecule has 0 amide bonds. The smallest absolute Gasteiger partial charge is 0.0587 e. The maximum Gasteiger partial charge on any atom is 0.0587 e. The van der Waals surface area contributed by atoms with E-state index in [-0.39, 0.29) is 18.6 Å². The van der Waals surface area contributed by atoms with Crippen molar-refractivity contribution < 1.29 is 10.2 Å². The summed E-state index contributed by atoms with van der Waals surface area (Å²) in [6.07, 6.45) is 1.27. The van der Waals surface area contributed by atoms with Crippen LogP contribution >= 0.6 is 0 Å². The molecule has 0 fully saturated rings. The zero-order valence-corrected chi connectivity index (χ0v) is 6.17. The van der Waals surface area contributed by atoms with Gasteiger partial charge in [0, 0.05) is 12.5 Å². The monoisotopic (exact) mass is 132 g/mol. The predicted octanol–water partition coefficient (Wildman–Crippen LogP) is 0.776. The third-order valence-electron chi connectivity index (χ3n) is 1.72. The van der Waals surface area contributed by atoms with Crippen LogP contribution in [0.1, 0.15) is 26.7 Å². The molecule has 2 N–H and O–H groups in total. The summed E-state index contributed by atoms with van der Waals surface area (Å²) in [4.78, 5) is 0. The van der Waals surface area contributed by atoms with Crippen molar-refractivity contribution in [1.82, 2.24) is 0 Å². The summed E-state index contributed by atoms with van der Waals surface area (Å²) >= 11 is 0. The second-order valence-electron chi connectivity index (χ2n) is 2.33. The first-order chi connectivity index (χ1) is 4.26. The van der Waals surface area contributed by atoms with Gasteiger partial charge < -0.3 is 10.2 Å². The van der Waals surface area contributed by atoms with Gasteiger partial charge in [-0.2, -0.15) is 0 Å². The minimum Gasteiger partial charge on any atom is -0.396 e. The Morgan fingerprint density at radius 1 is 1.22 bits per heavy atom. The van der Waals surface area contributed by atoms with E-state index in [1.165, 1.54) is 0 Å². The van der Waals surface area contributed by atoms with Crippen LogP contribution in [0.4, 0.5) is 0 Å². The molecule has 2 heteroatoms. The van der Waals surface area contributed by atoms with Gasteiger partial charge in [0.15, 0.2) is 0 Å². The van der Waals surface area contributed by atoms with Crippen LogP contribution in [0.5, 0.6) is 0 Å². The average molecular weight is 132 g/mol. The molecule has 0 aromatic rings. The topological polar surface area (TPSA) is 40.5 Å². The summed E-state index contributed by atoms with van der Waals surface area (Å²) in [7, 11) is 0. The molecule has 0 unspecified atom stereocenters. The van der Waals surface area contributed by atoms with E-state index in [1.54, 1.807) is 0 Å². The Hall–Kier alpha value is -0.0800. The molecule has 2 atom stereocenters. The van der Waals surface area contributed by atoms with Crippen LogP contribution < -0.4 is 0 Å². The number of hydrogen-bond acceptors (Lipinski definition) is 2. The fraction of sp³-hybridized carbons (Fsp3) is 1.00. The highest BCUT2D eigenvalue weighted by Gasteiger charge is 2.12. The van der Waals surface area contributed by atoms with Gasteiger partial charge in [0.25, 0.3) is 0 Å². The quantitative estimate of drug-likeness (QED) is 0.593.